The highest BCUT2D eigenvalue weighted by Gasteiger charge is 2.26. The zero-order valence-corrected chi connectivity index (χ0v) is 13.3. The molecule has 1 saturated carbocycles. The summed E-state index contributed by atoms with van der Waals surface area (Å²) in [6.45, 7) is 1.83. The fraction of sp³-hybridized carbons (Fsp3) is 0.533. The number of hydrogen-bond donors (Lipinski definition) is 1. The first-order chi connectivity index (χ1) is 9.72. The van der Waals surface area contributed by atoms with Crippen LogP contribution in [0.1, 0.15) is 25.0 Å². The third-order valence-electron chi connectivity index (χ3n) is 3.88. The predicted molar refractivity (Wildman–Crippen MR) is 85.1 cm³/mol. The summed E-state index contributed by atoms with van der Waals surface area (Å²) in [5.74, 6) is 0.440. The molecule has 1 fully saturated rings. The lowest BCUT2D eigenvalue weighted by Gasteiger charge is -2.22. The number of thiophene rings is 1. The Morgan fingerprint density at radius 2 is 2.30 bits per heavy atom. The molecule has 3 rings (SSSR count). The van der Waals surface area contributed by atoms with Gasteiger partial charge in [-0.15, -0.1) is 22.7 Å². The first-order valence-electron chi connectivity index (χ1n) is 7.07. The van der Waals surface area contributed by atoms with Gasteiger partial charge in [-0.05, 0) is 37.3 Å². The van der Waals surface area contributed by atoms with Crippen LogP contribution in [-0.2, 0) is 6.54 Å². The van der Waals surface area contributed by atoms with E-state index in [1.54, 1.807) is 22.7 Å². The fourth-order valence-electron chi connectivity index (χ4n) is 2.86. The van der Waals surface area contributed by atoms with Gasteiger partial charge in [-0.3, -0.25) is 0 Å². The number of thiazole rings is 1. The van der Waals surface area contributed by atoms with Gasteiger partial charge in [-0.1, -0.05) is 12.5 Å². The van der Waals surface area contributed by atoms with Crippen molar-refractivity contribution in [3.8, 4) is 9.88 Å². The Hall–Kier alpha value is -0.750. The van der Waals surface area contributed by atoms with E-state index in [4.69, 9.17) is 4.98 Å². The molecule has 0 amide bonds. The predicted octanol–water partition coefficient (Wildman–Crippen LogP) is 3.46. The van der Waals surface area contributed by atoms with Crippen molar-refractivity contribution >= 4 is 22.7 Å². The molecular weight excluding hydrogens is 288 g/mol. The van der Waals surface area contributed by atoms with Crippen molar-refractivity contribution in [3.63, 3.8) is 0 Å². The second-order valence-electron chi connectivity index (χ2n) is 5.58. The SMILES string of the molecule is CN(Cc1csc(-c2cccs2)n1)CC1CCCC1O. The Morgan fingerprint density at radius 3 is 3.00 bits per heavy atom. The van der Waals surface area contributed by atoms with Crippen LogP contribution in [-0.4, -0.2) is 34.7 Å². The molecule has 2 unspecified atom stereocenters. The second-order valence-corrected chi connectivity index (χ2v) is 7.38. The maximum Gasteiger partial charge on any atom is 0.133 e. The highest BCUT2D eigenvalue weighted by Crippen LogP contribution is 2.29. The van der Waals surface area contributed by atoms with Gasteiger partial charge in [0.15, 0.2) is 0 Å². The Bertz CT molecular complexity index is 538. The average molecular weight is 308 g/mol. The molecule has 108 valence electrons. The summed E-state index contributed by atoms with van der Waals surface area (Å²) in [6, 6.07) is 4.18. The van der Waals surface area contributed by atoms with Crippen molar-refractivity contribution < 1.29 is 5.11 Å². The number of aromatic nitrogens is 1. The molecule has 3 nitrogen and oxygen atoms in total. The van der Waals surface area contributed by atoms with Crippen LogP contribution >= 0.6 is 22.7 Å². The van der Waals surface area contributed by atoms with E-state index in [-0.39, 0.29) is 6.10 Å². The molecule has 0 aromatic carbocycles. The van der Waals surface area contributed by atoms with E-state index in [1.165, 1.54) is 11.3 Å². The first kappa shape index (κ1) is 14.2. The molecular formula is C15H20N2OS2. The van der Waals surface area contributed by atoms with E-state index >= 15 is 0 Å². The zero-order valence-electron chi connectivity index (χ0n) is 11.7. The van der Waals surface area contributed by atoms with Gasteiger partial charge in [-0.2, -0.15) is 0 Å². The van der Waals surface area contributed by atoms with E-state index in [2.05, 4.69) is 34.8 Å². The summed E-state index contributed by atoms with van der Waals surface area (Å²) in [5.41, 5.74) is 1.13. The molecule has 0 radical (unpaired) electrons. The van der Waals surface area contributed by atoms with Crippen molar-refractivity contribution in [3.05, 3.63) is 28.6 Å². The van der Waals surface area contributed by atoms with Crippen molar-refractivity contribution in [2.45, 2.75) is 31.9 Å². The van der Waals surface area contributed by atoms with Crippen molar-refractivity contribution in [1.29, 1.82) is 0 Å². The summed E-state index contributed by atoms with van der Waals surface area (Å²) in [4.78, 5) is 8.24. The van der Waals surface area contributed by atoms with Gasteiger partial charge in [0.25, 0.3) is 0 Å². The quantitative estimate of drug-likeness (QED) is 0.919. The standard InChI is InChI=1S/C15H20N2OS2/c1-17(8-11-4-2-5-13(11)18)9-12-10-20-15(16-12)14-6-3-7-19-14/h3,6-7,10-11,13,18H,2,4-5,8-9H2,1H3. The van der Waals surface area contributed by atoms with E-state index in [0.717, 1.165) is 36.6 Å². The largest absolute Gasteiger partial charge is 0.393 e. The molecule has 0 bridgehead atoms. The smallest absolute Gasteiger partial charge is 0.133 e. The lowest BCUT2D eigenvalue weighted by Crippen LogP contribution is -2.29. The third-order valence-corrected chi connectivity index (χ3v) is 5.81. The van der Waals surface area contributed by atoms with Crippen molar-refractivity contribution in [1.82, 2.24) is 9.88 Å². The molecule has 2 heterocycles. The van der Waals surface area contributed by atoms with Crippen LogP contribution in [0.25, 0.3) is 9.88 Å². The van der Waals surface area contributed by atoms with Crippen molar-refractivity contribution in [2.75, 3.05) is 13.6 Å². The fourth-order valence-corrected chi connectivity index (χ4v) is 4.49. The summed E-state index contributed by atoms with van der Waals surface area (Å²) < 4.78 is 0. The normalized spacial score (nSPS) is 22.8. The molecule has 2 aromatic rings. The van der Waals surface area contributed by atoms with E-state index in [0.29, 0.717) is 5.92 Å². The third kappa shape index (κ3) is 3.28. The van der Waals surface area contributed by atoms with Gasteiger partial charge in [0, 0.05) is 18.5 Å². The van der Waals surface area contributed by atoms with Crippen LogP contribution in [0.4, 0.5) is 0 Å². The van der Waals surface area contributed by atoms with Crippen LogP contribution in [0, 0.1) is 5.92 Å². The summed E-state index contributed by atoms with van der Waals surface area (Å²) in [5, 5.41) is 15.2. The van der Waals surface area contributed by atoms with Gasteiger partial charge >= 0.3 is 0 Å². The minimum absolute atomic E-state index is 0.102. The molecule has 1 aliphatic rings. The van der Waals surface area contributed by atoms with Crippen LogP contribution < -0.4 is 0 Å². The second kappa shape index (κ2) is 6.35. The van der Waals surface area contributed by atoms with Crippen LogP contribution in [0.15, 0.2) is 22.9 Å². The molecule has 2 atom stereocenters. The van der Waals surface area contributed by atoms with E-state index in [9.17, 15) is 5.11 Å². The van der Waals surface area contributed by atoms with Crippen LogP contribution in [0.3, 0.4) is 0 Å². The highest BCUT2D eigenvalue weighted by molar-refractivity contribution is 7.20. The zero-order chi connectivity index (χ0) is 13.9. The van der Waals surface area contributed by atoms with Gasteiger partial charge in [-0.25, -0.2) is 4.98 Å². The summed E-state index contributed by atoms with van der Waals surface area (Å²) in [7, 11) is 2.12. The molecule has 0 saturated heterocycles. The topological polar surface area (TPSA) is 36.4 Å². The average Bonchev–Trinajstić information content (AvgIpc) is 3.12. The maximum atomic E-state index is 9.89. The maximum absolute atomic E-state index is 9.89. The van der Waals surface area contributed by atoms with Gasteiger partial charge < -0.3 is 10.0 Å². The number of aliphatic hydroxyl groups is 1. The number of nitrogens with zero attached hydrogens (tertiary/aromatic N) is 2. The Kier molecular flexibility index (Phi) is 4.51. The lowest BCUT2D eigenvalue weighted by molar-refractivity contribution is 0.107. The number of rotatable bonds is 5. The molecule has 2 aromatic heterocycles. The minimum Gasteiger partial charge on any atom is -0.393 e. The van der Waals surface area contributed by atoms with E-state index < -0.39 is 0 Å². The first-order valence-corrected chi connectivity index (χ1v) is 8.83. The molecule has 20 heavy (non-hydrogen) atoms. The number of hydrogen-bond acceptors (Lipinski definition) is 5. The molecule has 1 aliphatic carbocycles. The van der Waals surface area contributed by atoms with Gasteiger partial charge in [0.05, 0.1) is 16.7 Å². The van der Waals surface area contributed by atoms with Crippen molar-refractivity contribution in [2.24, 2.45) is 5.92 Å². The minimum atomic E-state index is -0.102. The van der Waals surface area contributed by atoms with Gasteiger partial charge in [0.1, 0.15) is 5.01 Å². The molecule has 5 heteroatoms. The monoisotopic (exact) mass is 308 g/mol. The van der Waals surface area contributed by atoms with Gasteiger partial charge in [0.2, 0.25) is 0 Å². The number of aliphatic hydroxyl groups excluding tert-OH is 1. The van der Waals surface area contributed by atoms with Crippen LogP contribution in [0.2, 0.25) is 0 Å². The molecule has 1 N–H and O–H groups in total. The Morgan fingerprint density at radius 1 is 1.40 bits per heavy atom. The summed E-state index contributed by atoms with van der Waals surface area (Å²) in [6.07, 6.45) is 3.19. The lowest BCUT2D eigenvalue weighted by atomic mass is 10.1. The summed E-state index contributed by atoms with van der Waals surface area (Å²) >= 11 is 3.45. The van der Waals surface area contributed by atoms with E-state index in [1.807, 2.05) is 0 Å². The Balaban J connectivity index is 1.57. The van der Waals surface area contributed by atoms with Crippen LogP contribution in [0.5, 0.6) is 0 Å². The molecule has 0 aliphatic heterocycles. The highest BCUT2D eigenvalue weighted by atomic mass is 32.1. The molecule has 0 spiro atoms. The Labute approximate surface area is 127 Å².